The Morgan fingerprint density at radius 3 is 2.90 bits per heavy atom. The first-order valence-electron chi connectivity index (χ1n) is 6.73. The fraction of sp³-hybridized carbons (Fsp3) is 0.571. The lowest BCUT2D eigenvalue weighted by Crippen LogP contribution is -2.53. The number of hydrazine groups is 1. The van der Waals surface area contributed by atoms with Crippen molar-refractivity contribution in [3.05, 3.63) is 23.5 Å². The standard InChI is InChI=1S/C14H22N4O2/c1-9-5-12(17-15)11(6-16-9)13(19)18-7-10(2)20-14(3,4)8-18/h5-6,10H,7-8,15H2,1-4H3,(H,16,17). The Bertz CT molecular complexity index is 516. The third kappa shape index (κ3) is 3.08. The minimum absolute atomic E-state index is 0.00962. The van der Waals surface area contributed by atoms with Gasteiger partial charge in [-0.3, -0.25) is 15.6 Å². The van der Waals surface area contributed by atoms with Gasteiger partial charge in [-0.25, -0.2) is 0 Å². The third-order valence-corrected chi connectivity index (χ3v) is 3.28. The maximum Gasteiger partial charge on any atom is 0.257 e. The van der Waals surface area contributed by atoms with Crippen molar-refractivity contribution in [2.45, 2.75) is 39.4 Å². The number of carbonyl (C=O) groups excluding carboxylic acids is 1. The number of nitrogens with zero attached hydrogens (tertiary/aromatic N) is 2. The molecular weight excluding hydrogens is 256 g/mol. The second kappa shape index (κ2) is 5.38. The summed E-state index contributed by atoms with van der Waals surface area (Å²) in [6.45, 7) is 8.91. The molecule has 1 aromatic rings. The van der Waals surface area contributed by atoms with Crippen LogP contribution in [0.15, 0.2) is 12.3 Å². The Morgan fingerprint density at radius 1 is 1.60 bits per heavy atom. The van der Waals surface area contributed by atoms with Crippen molar-refractivity contribution in [1.29, 1.82) is 0 Å². The van der Waals surface area contributed by atoms with Gasteiger partial charge in [0.1, 0.15) is 0 Å². The van der Waals surface area contributed by atoms with Gasteiger partial charge in [-0.2, -0.15) is 0 Å². The SMILES string of the molecule is Cc1cc(NN)c(C(=O)N2CC(C)OC(C)(C)C2)cn1. The summed E-state index contributed by atoms with van der Waals surface area (Å²) < 4.78 is 5.82. The van der Waals surface area contributed by atoms with E-state index < -0.39 is 0 Å². The van der Waals surface area contributed by atoms with Gasteiger partial charge < -0.3 is 15.1 Å². The Balaban J connectivity index is 2.27. The molecule has 0 aromatic carbocycles. The quantitative estimate of drug-likeness (QED) is 0.630. The first-order valence-corrected chi connectivity index (χ1v) is 6.73. The molecule has 2 heterocycles. The van der Waals surface area contributed by atoms with Crippen LogP contribution in [0.5, 0.6) is 0 Å². The molecule has 1 atom stereocenters. The number of nitrogen functional groups attached to an aromatic ring is 1. The van der Waals surface area contributed by atoms with E-state index in [1.165, 1.54) is 0 Å². The van der Waals surface area contributed by atoms with E-state index in [1.807, 2.05) is 27.7 Å². The average Bonchev–Trinajstić information content (AvgIpc) is 2.35. The van der Waals surface area contributed by atoms with Gasteiger partial charge >= 0.3 is 0 Å². The summed E-state index contributed by atoms with van der Waals surface area (Å²) in [5.74, 6) is 5.42. The minimum atomic E-state index is -0.345. The summed E-state index contributed by atoms with van der Waals surface area (Å²) in [5.41, 5.74) is 4.12. The number of aryl methyl sites for hydroxylation is 1. The van der Waals surface area contributed by atoms with E-state index in [4.69, 9.17) is 10.6 Å². The lowest BCUT2D eigenvalue weighted by molar-refractivity contribution is -0.118. The van der Waals surface area contributed by atoms with E-state index in [-0.39, 0.29) is 17.6 Å². The number of carbonyl (C=O) groups is 1. The van der Waals surface area contributed by atoms with Crippen LogP contribution in [0.2, 0.25) is 0 Å². The van der Waals surface area contributed by atoms with Gasteiger partial charge in [0, 0.05) is 25.0 Å². The predicted molar refractivity (Wildman–Crippen MR) is 77.3 cm³/mol. The van der Waals surface area contributed by atoms with E-state index in [9.17, 15) is 4.79 Å². The number of rotatable bonds is 2. The highest BCUT2D eigenvalue weighted by atomic mass is 16.5. The Hall–Kier alpha value is -1.66. The Morgan fingerprint density at radius 2 is 2.30 bits per heavy atom. The highest BCUT2D eigenvalue weighted by molar-refractivity contribution is 5.99. The molecular formula is C14H22N4O2. The smallest absolute Gasteiger partial charge is 0.257 e. The highest BCUT2D eigenvalue weighted by Gasteiger charge is 2.34. The number of ether oxygens (including phenoxy) is 1. The molecule has 6 heteroatoms. The zero-order valence-corrected chi connectivity index (χ0v) is 12.4. The van der Waals surface area contributed by atoms with Crippen LogP contribution < -0.4 is 11.3 Å². The van der Waals surface area contributed by atoms with Gasteiger partial charge in [0.05, 0.1) is 23.0 Å². The molecule has 0 bridgehead atoms. The summed E-state index contributed by atoms with van der Waals surface area (Å²) in [7, 11) is 0. The minimum Gasteiger partial charge on any atom is -0.369 e. The summed E-state index contributed by atoms with van der Waals surface area (Å²) in [5, 5.41) is 0. The Labute approximate surface area is 119 Å². The molecule has 6 nitrogen and oxygen atoms in total. The molecule has 110 valence electrons. The number of amides is 1. The molecule has 1 unspecified atom stereocenters. The van der Waals surface area contributed by atoms with E-state index in [0.717, 1.165) is 5.69 Å². The van der Waals surface area contributed by atoms with E-state index in [0.29, 0.717) is 24.3 Å². The lowest BCUT2D eigenvalue weighted by Gasteiger charge is -2.41. The van der Waals surface area contributed by atoms with Gasteiger partial charge in [0.15, 0.2) is 0 Å². The molecule has 1 fully saturated rings. The van der Waals surface area contributed by atoms with Crippen molar-refractivity contribution in [2.24, 2.45) is 5.84 Å². The highest BCUT2D eigenvalue weighted by Crippen LogP contribution is 2.24. The fourth-order valence-corrected chi connectivity index (χ4v) is 2.63. The molecule has 0 radical (unpaired) electrons. The lowest BCUT2D eigenvalue weighted by atomic mass is 10.0. The number of aromatic nitrogens is 1. The summed E-state index contributed by atoms with van der Waals surface area (Å²) in [6, 6.07) is 1.77. The van der Waals surface area contributed by atoms with Crippen LogP contribution in [0, 0.1) is 6.92 Å². The fourth-order valence-electron chi connectivity index (χ4n) is 2.63. The number of morpholine rings is 1. The van der Waals surface area contributed by atoms with Crippen molar-refractivity contribution in [2.75, 3.05) is 18.5 Å². The van der Waals surface area contributed by atoms with Crippen molar-refractivity contribution in [3.63, 3.8) is 0 Å². The largest absolute Gasteiger partial charge is 0.369 e. The van der Waals surface area contributed by atoms with Crippen LogP contribution in [0.25, 0.3) is 0 Å². The van der Waals surface area contributed by atoms with E-state index in [1.54, 1.807) is 17.2 Å². The summed E-state index contributed by atoms with van der Waals surface area (Å²) in [6.07, 6.45) is 1.58. The molecule has 0 aliphatic carbocycles. The molecule has 0 spiro atoms. The van der Waals surface area contributed by atoms with Crippen LogP contribution >= 0.6 is 0 Å². The number of nitrogens with two attached hydrogens (primary N) is 1. The average molecular weight is 278 g/mol. The van der Waals surface area contributed by atoms with Crippen LogP contribution in [0.1, 0.15) is 36.8 Å². The summed E-state index contributed by atoms with van der Waals surface area (Å²) >= 11 is 0. The second-order valence-electron chi connectivity index (χ2n) is 5.89. The van der Waals surface area contributed by atoms with Gasteiger partial charge in [-0.1, -0.05) is 0 Å². The van der Waals surface area contributed by atoms with E-state index in [2.05, 4.69) is 10.4 Å². The monoisotopic (exact) mass is 278 g/mol. The van der Waals surface area contributed by atoms with Gasteiger partial charge in [-0.05, 0) is 33.8 Å². The van der Waals surface area contributed by atoms with Crippen molar-refractivity contribution < 1.29 is 9.53 Å². The molecule has 20 heavy (non-hydrogen) atoms. The number of anilines is 1. The predicted octanol–water partition coefficient (Wildman–Crippen LogP) is 1.32. The van der Waals surface area contributed by atoms with Gasteiger partial charge in [-0.15, -0.1) is 0 Å². The maximum atomic E-state index is 12.7. The number of pyridine rings is 1. The third-order valence-electron chi connectivity index (χ3n) is 3.28. The van der Waals surface area contributed by atoms with Crippen molar-refractivity contribution in [3.8, 4) is 0 Å². The maximum absolute atomic E-state index is 12.7. The molecule has 1 amide bonds. The number of hydrogen-bond donors (Lipinski definition) is 2. The van der Waals surface area contributed by atoms with Crippen LogP contribution in [-0.2, 0) is 4.74 Å². The van der Waals surface area contributed by atoms with E-state index >= 15 is 0 Å². The zero-order chi connectivity index (χ0) is 14.9. The number of nitrogens with one attached hydrogen (secondary N) is 1. The molecule has 1 aliphatic rings. The van der Waals surface area contributed by atoms with Crippen LogP contribution in [-0.4, -0.2) is 40.6 Å². The number of hydrogen-bond acceptors (Lipinski definition) is 5. The van der Waals surface area contributed by atoms with Crippen molar-refractivity contribution >= 4 is 11.6 Å². The van der Waals surface area contributed by atoms with Crippen LogP contribution in [0.3, 0.4) is 0 Å². The zero-order valence-electron chi connectivity index (χ0n) is 12.4. The normalized spacial score (nSPS) is 21.6. The molecule has 0 saturated carbocycles. The molecule has 1 aromatic heterocycles. The molecule has 3 N–H and O–H groups in total. The molecule has 1 saturated heterocycles. The molecule has 2 rings (SSSR count). The Kier molecular flexibility index (Phi) is 3.96. The molecule has 1 aliphatic heterocycles. The van der Waals surface area contributed by atoms with Gasteiger partial charge in [0.25, 0.3) is 5.91 Å². The first-order chi connectivity index (χ1) is 9.32. The topological polar surface area (TPSA) is 80.5 Å². The van der Waals surface area contributed by atoms with Crippen molar-refractivity contribution in [1.82, 2.24) is 9.88 Å². The van der Waals surface area contributed by atoms with Gasteiger partial charge in [0.2, 0.25) is 0 Å². The summed E-state index contributed by atoms with van der Waals surface area (Å²) in [4.78, 5) is 18.6. The second-order valence-corrected chi connectivity index (χ2v) is 5.89. The van der Waals surface area contributed by atoms with Crippen LogP contribution in [0.4, 0.5) is 5.69 Å². The first kappa shape index (κ1) is 14.7.